The highest BCUT2D eigenvalue weighted by atomic mass is 15.1. The zero-order valence-corrected chi connectivity index (χ0v) is 13.4. The van der Waals surface area contributed by atoms with Crippen LogP contribution >= 0.6 is 0 Å². The first-order valence-corrected chi connectivity index (χ1v) is 8.20. The first-order valence-electron chi connectivity index (χ1n) is 8.20. The summed E-state index contributed by atoms with van der Waals surface area (Å²) in [6, 6.07) is 9.21. The van der Waals surface area contributed by atoms with Crippen LogP contribution in [-0.4, -0.2) is 31.1 Å². The molecule has 1 saturated heterocycles. The minimum absolute atomic E-state index is 0.827. The largest absolute Gasteiger partial charge is 0.317 e. The third-order valence-corrected chi connectivity index (χ3v) is 4.52. The van der Waals surface area contributed by atoms with Gasteiger partial charge in [0.25, 0.3) is 0 Å². The van der Waals surface area contributed by atoms with Crippen molar-refractivity contribution < 1.29 is 0 Å². The van der Waals surface area contributed by atoms with Crippen molar-refractivity contribution >= 4 is 0 Å². The molecule has 1 aromatic carbocycles. The number of hydrogen-bond acceptors (Lipinski definition) is 2. The standard InChI is InChI=1S/C18H30N2/c1-4-19-11-9-16-5-7-17(8-6-16)13-20-12-10-18(14-20)15(2)3/h5-8,15,18-19H,4,9-14H2,1-3H3. The molecule has 0 radical (unpaired) electrons. The van der Waals surface area contributed by atoms with Gasteiger partial charge >= 0.3 is 0 Å². The summed E-state index contributed by atoms with van der Waals surface area (Å²) in [6.45, 7) is 12.7. The van der Waals surface area contributed by atoms with Gasteiger partial charge in [-0.15, -0.1) is 0 Å². The van der Waals surface area contributed by atoms with Crippen LogP contribution in [0.2, 0.25) is 0 Å². The van der Waals surface area contributed by atoms with Gasteiger partial charge in [-0.1, -0.05) is 45.0 Å². The van der Waals surface area contributed by atoms with Crippen molar-refractivity contribution in [2.45, 2.75) is 40.2 Å². The number of likely N-dealkylation sites (tertiary alicyclic amines) is 1. The van der Waals surface area contributed by atoms with Crippen molar-refractivity contribution in [2.24, 2.45) is 11.8 Å². The lowest BCUT2D eigenvalue weighted by atomic mass is 9.95. The lowest BCUT2D eigenvalue weighted by molar-refractivity contribution is 0.297. The number of rotatable bonds is 7. The van der Waals surface area contributed by atoms with Crippen LogP contribution < -0.4 is 5.32 Å². The molecule has 1 fully saturated rings. The molecular weight excluding hydrogens is 244 g/mol. The van der Waals surface area contributed by atoms with E-state index in [9.17, 15) is 0 Å². The second-order valence-corrected chi connectivity index (χ2v) is 6.45. The molecule has 2 rings (SSSR count). The highest BCUT2D eigenvalue weighted by Crippen LogP contribution is 2.24. The molecule has 1 heterocycles. The van der Waals surface area contributed by atoms with E-state index < -0.39 is 0 Å². The Morgan fingerprint density at radius 3 is 2.50 bits per heavy atom. The van der Waals surface area contributed by atoms with Gasteiger partial charge in [-0.05, 0) is 55.4 Å². The summed E-state index contributed by atoms with van der Waals surface area (Å²) in [7, 11) is 0. The van der Waals surface area contributed by atoms with Gasteiger partial charge in [-0.25, -0.2) is 0 Å². The zero-order valence-electron chi connectivity index (χ0n) is 13.4. The van der Waals surface area contributed by atoms with Crippen molar-refractivity contribution in [3.63, 3.8) is 0 Å². The van der Waals surface area contributed by atoms with Gasteiger partial charge in [-0.3, -0.25) is 4.90 Å². The fourth-order valence-electron chi connectivity index (χ4n) is 3.03. The van der Waals surface area contributed by atoms with Crippen LogP contribution in [-0.2, 0) is 13.0 Å². The van der Waals surface area contributed by atoms with E-state index in [-0.39, 0.29) is 0 Å². The Kier molecular flexibility index (Phi) is 6.06. The fourth-order valence-corrected chi connectivity index (χ4v) is 3.03. The molecule has 20 heavy (non-hydrogen) atoms. The third kappa shape index (κ3) is 4.60. The molecule has 0 aromatic heterocycles. The molecule has 0 spiro atoms. The lowest BCUT2D eigenvalue weighted by Crippen LogP contribution is -2.21. The van der Waals surface area contributed by atoms with Crippen molar-refractivity contribution in [3.05, 3.63) is 35.4 Å². The first-order chi connectivity index (χ1) is 9.69. The van der Waals surface area contributed by atoms with Gasteiger partial charge in [0.05, 0.1) is 0 Å². The summed E-state index contributed by atoms with van der Waals surface area (Å²) in [4.78, 5) is 2.61. The van der Waals surface area contributed by atoms with Crippen molar-refractivity contribution in [1.29, 1.82) is 0 Å². The topological polar surface area (TPSA) is 15.3 Å². The van der Waals surface area contributed by atoms with Crippen molar-refractivity contribution in [2.75, 3.05) is 26.2 Å². The molecule has 2 nitrogen and oxygen atoms in total. The molecule has 2 heteroatoms. The molecule has 0 aliphatic carbocycles. The number of nitrogens with zero attached hydrogens (tertiary/aromatic N) is 1. The smallest absolute Gasteiger partial charge is 0.0233 e. The Morgan fingerprint density at radius 1 is 1.20 bits per heavy atom. The summed E-state index contributed by atoms with van der Waals surface area (Å²) in [5.74, 6) is 1.72. The van der Waals surface area contributed by atoms with Gasteiger partial charge in [0.15, 0.2) is 0 Å². The van der Waals surface area contributed by atoms with Crippen LogP contribution in [0.3, 0.4) is 0 Å². The summed E-state index contributed by atoms with van der Waals surface area (Å²) in [5, 5.41) is 3.38. The Morgan fingerprint density at radius 2 is 1.90 bits per heavy atom. The molecular formula is C18H30N2. The van der Waals surface area contributed by atoms with E-state index >= 15 is 0 Å². The van der Waals surface area contributed by atoms with Crippen LogP contribution in [0.25, 0.3) is 0 Å². The number of likely N-dealkylation sites (N-methyl/N-ethyl adjacent to an activating group) is 1. The van der Waals surface area contributed by atoms with E-state index in [1.807, 2.05) is 0 Å². The van der Waals surface area contributed by atoms with Gasteiger partial charge in [-0.2, -0.15) is 0 Å². The molecule has 1 atom stereocenters. The normalized spacial score (nSPS) is 19.9. The second kappa shape index (κ2) is 7.80. The van der Waals surface area contributed by atoms with Gasteiger partial charge < -0.3 is 5.32 Å². The third-order valence-electron chi connectivity index (χ3n) is 4.52. The first kappa shape index (κ1) is 15.5. The Bertz CT molecular complexity index is 383. The number of nitrogens with one attached hydrogen (secondary N) is 1. The molecule has 112 valence electrons. The van der Waals surface area contributed by atoms with Crippen LogP contribution in [0.1, 0.15) is 38.3 Å². The summed E-state index contributed by atoms with van der Waals surface area (Å²) < 4.78 is 0. The summed E-state index contributed by atoms with van der Waals surface area (Å²) in [6.07, 6.45) is 2.51. The van der Waals surface area contributed by atoms with E-state index in [0.717, 1.165) is 37.9 Å². The van der Waals surface area contributed by atoms with E-state index in [4.69, 9.17) is 0 Å². The zero-order chi connectivity index (χ0) is 14.4. The highest BCUT2D eigenvalue weighted by molar-refractivity contribution is 5.22. The van der Waals surface area contributed by atoms with Gasteiger partial charge in [0.1, 0.15) is 0 Å². The van der Waals surface area contributed by atoms with Gasteiger partial charge in [0.2, 0.25) is 0 Å². The highest BCUT2D eigenvalue weighted by Gasteiger charge is 2.24. The predicted molar refractivity (Wildman–Crippen MR) is 86.9 cm³/mol. The quantitative estimate of drug-likeness (QED) is 0.767. The maximum absolute atomic E-state index is 3.38. The Balaban J connectivity index is 1.79. The summed E-state index contributed by atoms with van der Waals surface area (Å²) in [5.41, 5.74) is 2.90. The predicted octanol–water partition coefficient (Wildman–Crippen LogP) is 3.32. The van der Waals surface area contributed by atoms with Crippen molar-refractivity contribution in [1.82, 2.24) is 10.2 Å². The second-order valence-electron chi connectivity index (χ2n) is 6.45. The minimum Gasteiger partial charge on any atom is -0.317 e. The number of hydrogen-bond donors (Lipinski definition) is 1. The maximum Gasteiger partial charge on any atom is 0.0233 e. The molecule has 1 unspecified atom stereocenters. The molecule has 0 saturated carbocycles. The van der Waals surface area contributed by atoms with E-state index in [0.29, 0.717) is 0 Å². The average molecular weight is 274 g/mol. The molecule has 1 aliphatic rings. The SMILES string of the molecule is CCNCCc1ccc(CN2CCC(C(C)C)C2)cc1. The Hall–Kier alpha value is -0.860. The van der Waals surface area contributed by atoms with Crippen LogP contribution in [0.4, 0.5) is 0 Å². The minimum atomic E-state index is 0.827. The van der Waals surface area contributed by atoms with E-state index in [2.05, 4.69) is 55.3 Å². The summed E-state index contributed by atoms with van der Waals surface area (Å²) >= 11 is 0. The van der Waals surface area contributed by atoms with Crippen LogP contribution in [0.5, 0.6) is 0 Å². The molecule has 0 amide bonds. The monoisotopic (exact) mass is 274 g/mol. The van der Waals surface area contributed by atoms with E-state index in [1.165, 1.54) is 30.6 Å². The van der Waals surface area contributed by atoms with Gasteiger partial charge in [0, 0.05) is 13.1 Å². The maximum atomic E-state index is 3.38. The van der Waals surface area contributed by atoms with E-state index in [1.54, 1.807) is 0 Å². The fraction of sp³-hybridized carbons (Fsp3) is 0.667. The molecule has 1 aromatic rings. The van der Waals surface area contributed by atoms with Crippen LogP contribution in [0, 0.1) is 11.8 Å². The number of benzene rings is 1. The van der Waals surface area contributed by atoms with Crippen molar-refractivity contribution in [3.8, 4) is 0 Å². The molecule has 1 N–H and O–H groups in total. The lowest BCUT2D eigenvalue weighted by Gasteiger charge is -2.18. The van der Waals surface area contributed by atoms with Crippen LogP contribution in [0.15, 0.2) is 24.3 Å². The Labute approximate surface area is 124 Å². The average Bonchev–Trinajstić information content (AvgIpc) is 2.90. The molecule has 1 aliphatic heterocycles. The molecule has 0 bridgehead atoms.